The van der Waals surface area contributed by atoms with E-state index in [1.54, 1.807) is 36.4 Å². The van der Waals surface area contributed by atoms with E-state index in [4.69, 9.17) is 9.47 Å². The first kappa shape index (κ1) is 22.9. The minimum absolute atomic E-state index is 0.0310. The van der Waals surface area contributed by atoms with Gasteiger partial charge in [0.05, 0.1) is 30.6 Å². The van der Waals surface area contributed by atoms with Crippen LogP contribution in [-0.4, -0.2) is 57.5 Å². The van der Waals surface area contributed by atoms with Gasteiger partial charge in [-0.2, -0.15) is 0 Å². The summed E-state index contributed by atoms with van der Waals surface area (Å²) in [6.07, 6.45) is 0. The van der Waals surface area contributed by atoms with E-state index in [0.29, 0.717) is 17.2 Å². The fourth-order valence-electron chi connectivity index (χ4n) is 2.95. The third kappa shape index (κ3) is 5.49. The highest BCUT2D eigenvalue weighted by atomic mass is 32.2. The van der Waals surface area contributed by atoms with Gasteiger partial charge in [0.2, 0.25) is 11.8 Å². The Labute approximate surface area is 184 Å². The third-order valence-corrected chi connectivity index (χ3v) is 7.67. The van der Waals surface area contributed by atoms with Crippen LogP contribution in [0.3, 0.4) is 0 Å². The number of nitrogens with one attached hydrogen (secondary N) is 3. The summed E-state index contributed by atoms with van der Waals surface area (Å²) in [5, 5.41) is 7.08. The molecule has 2 amide bonds. The molecule has 11 heteroatoms. The average molecular weight is 466 g/mol. The molecule has 1 saturated heterocycles. The third-order valence-electron chi connectivity index (χ3n) is 4.56. The molecular formula is C20H23N3O6S2. The standard InChI is InChI=1S/C20H23N3O6S2/c1-28-13-8-9-15(16(10-13)29-2)22-18(24)12-30-20-21-11-17(19(25)23-20)31(26,27)14-6-4-3-5-7-14/h3-10,17,20-21H,11-12H2,1-2H3,(H,22,24)(H,23,25). The van der Waals surface area contributed by atoms with Gasteiger partial charge in [0.25, 0.3) is 0 Å². The lowest BCUT2D eigenvalue weighted by atomic mass is 10.2. The van der Waals surface area contributed by atoms with Crippen molar-refractivity contribution < 1.29 is 27.5 Å². The number of amides is 2. The van der Waals surface area contributed by atoms with Gasteiger partial charge in [0.15, 0.2) is 15.1 Å². The molecule has 0 spiro atoms. The number of carbonyl (C=O) groups is 2. The van der Waals surface area contributed by atoms with Crippen LogP contribution < -0.4 is 25.4 Å². The molecule has 3 rings (SSSR count). The molecule has 31 heavy (non-hydrogen) atoms. The first-order valence-corrected chi connectivity index (χ1v) is 11.9. The Morgan fingerprint density at radius 2 is 1.90 bits per heavy atom. The van der Waals surface area contributed by atoms with Crippen LogP contribution in [0.1, 0.15) is 0 Å². The first-order chi connectivity index (χ1) is 14.8. The van der Waals surface area contributed by atoms with Crippen molar-refractivity contribution in [3.8, 4) is 11.5 Å². The number of sulfone groups is 1. The van der Waals surface area contributed by atoms with E-state index < -0.39 is 26.5 Å². The second kappa shape index (κ2) is 10.0. The van der Waals surface area contributed by atoms with Crippen LogP contribution >= 0.6 is 11.8 Å². The predicted octanol–water partition coefficient (Wildman–Crippen LogP) is 1.22. The second-order valence-corrected chi connectivity index (χ2v) is 9.79. The number of hydrogen-bond donors (Lipinski definition) is 3. The number of hydrogen-bond acceptors (Lipinski definition) is 8. The smallest absolute Gasteiger partial charge is 0.241 e. The van der Waals surface area contributed by atoms with Crippen LogP contribution in [0.5, 0.6) is 11.5 Å². The molecule has 0 aromatic heterocycles. The summed E-state index contributed by atoms with van der Waals surface area (Å²) in [4.78, 5) is 24.8. The molecule has 3 N–H and O–H groups in total. The summed E-state index contributed by atoms with van der Waals surface area (Å²) in [7, 11) is -0.788. The van der Waals surface area contributed by atoms with Gasteiger partial charge in [-0.1, -0.05) is 18.2 Å². The van der Waals surface area contributed by atoms with E-state index in [1.807, 2.05) is 0 Å². The van der Waals surface area contributed by atoms with Crippen LogP contribution in [0.15, 0.2) is 53.4 Å². The lowest BCUT2D eigenvalue weighted by molar-refractivity contribution is -0.122. The van der Waals surface area contributed by atoms with Crippen LogP contribution in [0.2, 0.25) is 0 Å². The summed E-state index contributed by atoms with van der Waals surface area (Å²) in [5.41, 5.74) is -0.0956. The maximum absolute atomic E-state index is 12.7. The lowest BCUT2D eigenvalue weighted by Gasteiger charge is -2.29. The van der Waals surface area contributed by atoms with Gasteiger partial charge < -0.3 is 20.1 Å². The Morgan fingerprint density at radius 3 is 2.55 bits per heavy atom. The summed E-state index contributed by atoms with van der Waals surface area (Å²) >= 11 is 1.14. The van der Waals surface area contributed by atoms with Crippen LogP contribution in [0.25, 0.3) is 0 Å². The van der Waals surface area contributed by atoms with Crippen molar-refractivity contribution in [3.63, 3.8) is 0 Å². The summed E-state index contributed by atoms with van der Waals surface area (Å²) in [6.45, 7) is -0.0470. The maximum atomic E-state index is 12.7. The van der Waals surface area contributed by atoms with Crippen molar-refractivity contribution in [2.24, 2.45) is 0 Å². The number of methoxy groups -OCH3 is 2. The SMILES string of the molecule is COc1ccc(NC(=O)CSC2NCC(S(=O)(=O)c3ccccc3)C(=O)N2)c(OC)c1. The van der Waals surface area contributed by atoms with Crippen LogP contribution in [-0.2, 0) is 19.4 Å². The fraction of sp³-hybridized carbons (Fsp3) is 0.300. The number of anilines is 1. The van der Waals surface area contributed by atoms with Crippen molar-refractivity contribution in [2.75, 3.05) is 31.8 Å². The van der Waals surface area contributed by atoms with Crippen molar-refractivity contribution >= 4 is 39.1 Å². The molecule has 2 aromatic carbocycles. The Bertz CT molecular complexity index is 1050. The molecule has 2 aromatic rings. The van der Waals surface area contributed by atoms with Gasteiger partial charge in [-0.3, -0.25) is 14.9 Å². The van der Waals surface area contributed by atoms with E-state index >= 15 is 0 Å². The summed E-state index contributed by atoms with van der Waals surface area (Å²) in [5.74, 6) is 0.179. The zero-order chi connectivity index (χ0) is 22.4. The van der Waals surface area contributed by atoms with Gasteiger partial charge >= 0.3 is 0 Å². The molecule has 1 heterocycles. The Hall–Kier alpha value is -2.76. The van der Waals surface area contributed by atoms with E-state index in [2.05, 4.69) is 16.0 Å². The molecule has 9 nitrogen and oxygen atoms in total. The molecule has 2 atom stereocenters. The molecule has 1 fully saturated rings. The molecule has 0 radical (unpaired) electrons. The normalized spacial score (nSPS) is 18.7. The predicted molar refractivity (Wildman–Crippen MR) is 118 cm³/mol. The van der Waals surface area contributed by atoms with Gasteiger partial charge in [-0.05, 0) is 24.3 Å². The zero-order valence-electron chi connectivity index (χ0n) is 17.0. The Morgan fingerprint density at radius 1 is 1.16 bits per heavy atom. The highest BCUT2D eigenvalue weighted by Crippen LogP contribution is 2.29. The molecule has 2 unspecified atom stereocenters. The van der Waals surface area contributed by atoms with E-state index in [0.717, 1.165) is 11.8 Å². The number of thioether (sulfide) groups is 1. The minimum atomic E-state index is -3.81. The number of ether oxygens (including phenoxy) is 2. The number of carbonyl (C=O) groups excluding carboxylic acids is 2. The van der Waals surface area contributed by atoms with Crippen LogP contribution in [0, 0.1) is 0 Å². The fourth-order valence-corrected chi connectivity index (χ4v) is 5.29. The van der Waals surface area contributed by atoms with Crippen molar-refractivity contribution in [3.05, 3.63) is 48.5 Å². The van der Waals surface area contributed by atoms with E-state index in [-0.39, 0.29) is 23.1 Å². The largest absolute Gasteiger partial charge is 0.497 e. The maximum Gasteiger partial charge on any atom is 0.241 e. The van der Waals surface area contributed by atoms with Gasteiger partial charge in [0, 0.05) is 12.6 Å². The number of rotatable bonds is 8. The van der Waals surface area contributed by atoms with Gasteiger partial charge in [-0.15, -0.1) is 11.8 Å². The lowest BCUT2D eigenvalue weighted by Crippen LogP contribution is -2.59. The van der Waals surface area contributed by atoms with Crippen molar-refractivity contribution in [1.29, 1.82) is 0 Å². The Kier molecular flexibility index (Phi) is 7.42. The quantitative estimate of drug-likeness (QED) is 0.532. The van der Waals surface area contributed by atoms with E-state index in [9.17, 15) is 18.0 Å². The van der Waals surface area contributed by atoms with Crippen molar-refractivity contribution in [2.45, 2.75) is 15.6 Å². The molecular weight excluding hydrogens is 442 g/mol. The van der Waals surface area contributed by atoms with Gasteiger partial charge in [0.1, 0.15) is 17.0 Å². The zero-order valence-corrected chi connectivity index (χ0v) is 18.6. The molecule has 1 aliphatic heterocycles. The summed E-state index contributed by atoms with van der Waals surface area (Å²) < 4.78 is 35.8. The average Bonchev–Trinajstić information content (AvgIpc) is 2.78. The molecule has 1 aliphatic rings. The second-order valence-electron chi connectivity index (χ2n) is 6.57. The highest BCUT2D eigenvalue weighted by Gasteiger charge is 2.38. The molecule has 0 saturated carbocycles. The molecule has 166 valence electrons. The molecule has 0 bridgehead atoms. The Balaban J connectivity index is 1.54. The monoisotopic (exact) mass is 465 g/mol. The van der Waals surface area contributed by atoms with E-state index in [1.165, 1.54) is 26.4 Å². The van der Waals surface area contributed by atoms with Gasteiger partial charge in [-0.25, -0.2) is 8.42 Å². The molecule has 0 aliphatic carbocycles. The van der Waals surface area contributed by atoms with Crippen molar-refractivity contribution in [1.82, 2.24) is 10.6 Å². The topological polar surface area (TPSA) is 123 Å². The summed E-state index contributed by atoms with van der Waals surface area (Å²) in [6, 6.07) is 12.9. The number of benzene rings is 2. The minimum Gasteiger partial charge on any atom is -0.497 e. The first-order valence-electron chi connectivity index (χ1n) is 9.31. The highest BCUT2D eigenvalue weighted by molar-refractivity contribution is 8.00. The van der Waals surface area contributed by atoms with Crippen LogP contribution in [0.4, 0.5) is 5.69 Å².